The van der Waals surface area contributed by atoms with Crippen LogP contribution in [-0.4, -0.2) is 80.7 Å². The Morgan fingerprint density at radius 2 is 1.89 bits per heavy atom. The molecule has 1 aliphatic rings. The highest BCUT2D eigenvalue weighted by atomic mass is 32.2. The topological polar surface area (TPSA) is 155 Å². The van der Waals surface area contributed by atoms with Crippen LogP contribution >= 0.6 is 0 Å². The van der Waals surface area contributed by atoms with E-state index >= 15 is 0 Å². The number of aromatic amines is 1. The molecule has 0 unspecified atom stereocenters. The summed E-state index contributed by atoms with van der Waals surface area (Å²) in [6.07, 6.45) is 1.18. The van der Waals surface area contributed by atoms with Gasteiger partial charge >= 0.3 is 5.24 Å². The molecule has 1 saturated heterocycles. The highest BCUT2D eigenvalue weighted by molar-refractivity contribution is 8.05. The summed E-state index contributed by atoms with van der Waals surface area (Å²) < 4.78 is 28.7. The number of carbonyl (C=O) groups is 4. The molecule has 198 valence electrons. The molecule has 0 bridgehead atoms. The molecule has 0 saturated carbocycles. The Bertz CT molecular complexity index is 1220. The first-order chi connectivity index (χ1) is 16.8. The number of amides is 3. The maximum Gasteiger partial charge on any atom is 0.339 e. The van der Waals surface area contributed by atoms with Crippen LogP contribution in [0.3, 0.4) is 0 Å². The summed E-state index contributed by atoms with van der Waals surface area (Å²) in [5, 5.41) is 4.52. The second-order valence-electron chi connectivity index (χ2n) is 9.25. The summed E-state index contributed by atoms with van der Waals surface area (Å²) in [5.74, 6) is -0.606. The van der Waals surface area contributed by atoms with Gasteiger partial charge in [0, 0.05) is 30.2 Å². The molecule has 3 rings (SSSR count). The zero-order valence-corrected chi connectivity index (χ0v) is 22.0. The smallest absolute Gasteiger partial charge is 0.339 e. The minimum atomic E-state index is -4.10. The van der Waals surface area contributed by atoms with E-state index < -0.39 is 45.8 Å². The molecule has 12 heteroatoms. The number of hydrogen-bond acceptors (Lipinski definition) is 7. The summed E-state index contributed by atoms with van der Waals surface area (Å²) in [4.78, 5) is 52.7. The average Bonchev–Trinajstić information content (AvgIpc) is 3.41. The van der Waals surface area contributed by atoms with Gasteiger partial charge < -0.3 is 25.3 Å². The quantitative estimate of drug-likeness (QED) is 0.477. The van der Waals surface area contributed by atoms with Gasteiger partial charge in [-0.3, -0.25) is 19.2 Å². The molecule has 0 aliphatic carbocycles. The van der Waals surface area contributed by atoms with Crippen LogP contribution in [-0.2, 0) is 19.4 Å². The number of nitrogens with one attached hydrogen (secondary N) is 3. The number of H-pyrrole nitrogens is 1. The maximum atomic E-state index is 12.5. The molecule has 1 atom stereocenters. The summed E-state index contributed by atoms with van der Waals surface area (Å²) in [5.41, 5.74) is 0.893. The van der Waals surface area contributed by atoms with Crippen LogP contribution in [0, 0.1) is 11.8 Å². The predicted octanol–water partition coefficient (Wildman–Crippen LogP) is 1.74. The standard InChI is InChI=1S/C20H24N4O7S.C4H10/c1-31-17-5-3-4-15-14(17)8-16(23-15)19(27)22-9-13(25)11-24(20(28)32(2,29)30)10-12-6-7-21-18(12)26;1-4(2)3/h3-5,8,12,23H,6-7,9-11H2,1-2H3,(H,21,26)(H,22,27);4H,1-3H3/t12-;/m0./s1. The van der Waals surface area contributed by atoms with E-state index in [0.29, 0.717) is 29.6 Å². The van der Waals surface area contributed by atoms with Crippen molar-refractivity contribution in [2.45, 2.75) is 27.2 Å². The molecular formula is C24H34N4O7S. The molecule has 1 aliphatic heterocycles. The molecule has 2 aromatic rings. The zero-order chi connectivity index (χ0) is 27.0. The lowest BCUT2D eigenvalue weighted by Crippen LogP contribution is -2.45. The first-order valence-corrected chi connectivity index (χ1v) is 13.4. The van der Waals surface area contributed by atoms with Gasteiger partial charge in [-0.2, -0.15) is 0 Å². The van der Waals surface area contributed by atoms with Gasteiger partial charge in [-0.1, -0.05) is 26.8 Å². The Kier molecular flexibility index (Phi) is 10.0. The summed E-state index contributed by atoms with van der Waals surface area (Å²) in [6, 6.07) is 6.88. The molecule has 36 heavy (non-hydrogen) atoms. The lowest BCUT2D eigenvalue weighted by molar-refractivity contribution is -0.123. The summed E-state index contributed by atoms with van der Waals surface area (Å²) >= 11 is 0. The number of carbonyl (C=O) groups excluding carboxylic acids is 4. The number of hydrogen-bond donors (Lipinski definition) is 3. The molecule has 1 aromatic heterocycles. The van der Waals surface area contributed by atoms with Crippen molar-refractivity contribution < 1.29 is 32.3 Å². The fraction of sp³-hybridized carbons (Fsp3) is 0.500. The number of nitrogens with zero attached hydrogens (tertiary/aromatic N) is 1. The van der Waals surface area contributed by atoms with Gasteiger partial charge in [0.15, 0.2) is 5.78 Å². The Labute approximate surface area is 210 Å². The highest BCUT2D eigenvalue weighted by Crippen LogP contribution is 2.25. The summed E-state index contributed by atoms with van der Waals surface area (Å²) in [6.45, 7) is 5.76. The number of Topliss-reactive ketones (excluding diaryl/α,β-unsaturated/α-hetero) is 1. The van der Waals surface area contributed by atoms with Crippen molar-refractivity contribution in [2.75, 3.05) is 39.5 Å². The van der Waals surface area contributed by atoms with Gasteiger partial charge in [-0.05, 0) is 30.5 Å². The molecule has 1 aromatic carbocycles. The van der Waals surface area contributed by atoms with Gasteiger partial charge in [-0.25, -0.2) is 8.42 Å². The Balaban J connectivity index is 0.00000106. The van der Waals surface area contributed by atoms with Gasteiger partial charge in [0.1, 0.15) is 11.4 Å². The second-order valence-corrected chi connectivity index (χ2v) is 11.1. The van der Waals surface area contributed by atoms with Gasteiger partial charge in [0.25, 0.3) is 5.91 Å². The Morgan fingerprint density at radius 1 is 1.22 bits per heavy atom. The van der Waals surface area contributed by atoms with E-state index in [1.807, 2.05) is 0 Å². The normalized spacial score (nSPS) is 15.2. The van der Waals surface area contributed by atoms with Crippen molar-refractivity contribution in [1.82, 2.24) is 20.5 Å². The lowest BCUT2D eigenvalue weighted by Gasteiger charge is -2.23. The van der Waals surface area contributed by atoms with Crippen molar-refractivity contribution in [1.29, 1.82) is 0 Å². The van der Waals surface area contributed by atoms with E-state index in [4.69, 9.17) is 4.74 Å². The van der Waals surface area contributed by atoms with Crippen molar-refractivity contribution in [2.24, 2.45) is 11.8 Å². The average molecular weight is 523 g/mol. The Hall–Kier alpha value is -3.41. The van der Waals surface area contributed by atoms with E-state index in [0.717, 1.165) is 17.1 Å². The van der Waals surface area contributed by atoms with Crippen LogP contribution in [0.4, 0.5) is 4.79 Å². The Morgan fingerprint density at radius 3 is 2.44 bits per heavy atom. The number of benzene rings is 1. The van der Waals surface area contributed by atoms with Crippen molar-refractivity contribution in [3.8, 4) is 5.75 Å². The molecule has 3 amide bonds. The van der Waals surface area contributed by atoms with E-state index in [2.05, 4.69) is 36.4 Å². The first kappa shape index (κ1) is 28.8. The third-order valence-electron chi connectivity index (χ3n) is 5.08. The zero-order valence-electron chi connectivity index (χ0n) is 21.2. The third-order valence-corrected chi connectivity index (χ3v) is 5.97. The van der Waals surface area contributed by atoms with E-state index in [1.54, 1.807) is 24.3 Å². The fourth-order valence-corrected chi connectivity index (χ4v) is 4.10. The molecule has 1 fully saturated rings. The number of fused-ring (bicyclic) bond motifs is 1. The molecule has 3 N–H and O–H groups in total. The lowest BCUT2D eigenvalue weighted by atomic mass is 10.1. The van der Waals surface area contributed by atoms with Gasteiger partial charge in [0.2, 0.25) is 15.7 Å². The van der Waals surface area contributed by atoms with Crippen LogP contribution in [0.2, 0.25) is 0 Å². The highest BCUT2D eigenvalue weighted by Gasteiger charge is 2.32. The van der Waals surface area contributed by atoms with Crippen LogP contribution in [0.5, 0.6) is 5.75 Å². The van der Waals surface area contributed by atoms with Gasteiger partial charge in [0.05, 0.1) is 26.1 Å². The van der Waals surface area contributed by atoms with Crippen molar-refractivity contribution in [3.05, 3.63) is 30.0 Å². The molecular weight excluding hydrogens is 488 g/mol. The van der Waals surface area contributed by atoms with E-state index in [-0.39, 0.29) is 18.1 Å². The van der Waals surface area contributed by atoms with E-state index in [9.17, 15) is 27.6 Å². The van der Waals surface area contributed by atoms with Gasteiger partial charge in [-0.15, -0.1) is 0 Å². The van der Waals surface area contributed by atoms with Crippen molar-refractivity contribution >= 4 is 43.6 Å². The number of ketones is 1. The molecule has 0 radical (unpaired) electrons. The third kappa shape index (κ3) is 8.08. The largest absolute Gasteiger partial charge is 0.496 e. The number of ether oxygens (including phenoxy) is 1. The number of rotatable bonds is 8. The van der Waals surface area contributed by atoms with Crippen LogP contribution < -0.4 is 15.4 Å². The molecule has 2 heterocycles. The summed E-state index contributed by atoms with van der Waals surface area (Å²) in [7, 11) is -2.59. The monoisotopic (exact) mass is 522 g/mol. The SMILES string of the molecule is CC(C)C.COc1cccc2[nH]c(C(=O)NCC(=O)CN(C[C@@H]3CCNC3=O)C(=O)S(C)(=O)=O)cc12. The fourth-order valence-electron chi connectivity index (χ4n) is 3.49. The predicted molar refractivity (Wildman–Crippen MR) is 136 cm³/mol. The minimum absolute atomic E-state index is 0.195. The van der Waals surface area contributed by atoms with Crippen molar-refractivity contribution in [3.63, 3.8) is 0 Å². The first-order valence-electron chi connectivity index (χ1n) is 11.6. The van der Waals surface area contributed by atoms with Crippen LogP contribution in [0.15, 0.2) is 24.3 Å². The molecule has 11 nitrogen and oxygen atoms in total. The molecule has 0 spiro atoms. The van der Waals surface area contributed by atoms with E-state index in [1.165, 1.54) is 7.11 Å². The number of sulfone groups is 1. The minimum Gasteiger partial charge on any atom is -0.496 e. The second kappa shape index (κ2) is 12.5. The number of methoxy groups -OCH3 is 1. The van der Waals surface area contributed by atoms with Crippen LogP contribution in [0.25, 0.3) is 10.9 Å². The number of aromatic nitrogens is 1. The maximum absolute atomic E-state index is 12.5. The van der Waals surface area contributed by atoms with Crippen LogP contribution in [0.1, 0.15) is 37.7 Å².